The van der Waals surface area contributed by atoms with Gasteiger partial charge in [0, 0.05) is 11.6 Å². The lowest BCUT2D eigenvalue weighted by Gasteiger charge is -1.95. The van der Waals surface area contributed by atoms with Crippen LogP contribution in [0.1, 0.15) is 25.8 Å². The number of fused-ring (bicyclic) bond motifs is 1. The zero-order valence-corrected chi connectivity index (χ0v) is 9.12. The van der Waals surface area contributed by atoms with E-state index >= 15 is 0 Å². The molecule has 0 aliphatic heterocycles. The largest absolute Gasteiger partial charge is 0.256 e. The van der Waals surface area contributed by atoms with E-state index in [-0.39, 0.29) is 0 Å². The van der Waals surface area contributed by atoms with Gasteiger partial charge in [-0.1, -0.05) is 38.5 Å². The van der Waals surface area contributed by atoms with E-state index in [4.69, 9.17) is 0 Å². The van der Waals surface area contributed by atoms with E-state index in [1.54, 1.807) is 0 Å². The van der Waals surface area contributed by atoms with E-state index in [0.29, 0.717) is 0 Å². The van der Waals surface area contributed by atoms with Gasteiger partial charge >= 0.3 is 0 Å². The van der Waals surface area contributed by atoms with Gasteiger partial charge in [-0.25, -0.2) is 0 Å². The number of nitrogens with zero attached hydrogens (tertiary/aromatic N) is 1. The van der Waals surface area contributed by atoms with E-state index in [1.807, 2.05) is 24.4 Å². The summed E-state index contributed by atoms with van der Waals surface area (Å²) in [6.45, 7) is 6.30. The van der Waals surface area contributed by atoms with Crippen molar-refractivity contribution in [2.45, 2.75) is 27.2 Å². The van der Waals surface area contributed by atoms with Crippen molar-refractivity contribution < 1.29 is 0 Å². The number of hydrogen-bond acceptors (Lipinski definition) is 1. The van der Waals surface area contributed by atoms with Crippen LogP contribution in [0.3, 0.4) is 0 Å². The maximum absolute atomic E-state index is 4.28. The van der Waals surface area contributed by atoms with E-state index in [2.05, 4.69) is 37.9 Å². The molecular formula is C13H17N. The van der Waals surface area contributed by atoms with E-state index < -0.39 is 0 Å². The Hall–Kier alpha value is -1.37. The maximum Gasteiger partial charge on any atom is 0.0702 e. The third-order valence-electron chi connectivity index (χ3n) is 1.73. The lowest BCUT2D eigenvalue weighted by Crippen LogP contribution is -1.78. The first-order valence-corrected chi connectivity index (χ1v) is 5.09. The number of para-hydroxylation sites is 1. The molecule has 14 heavy (non-hydrogen) atoms. The molecule has 0 bridgehead atoms. The molecule has 1 heterocycles. The number of hydrogen-bond donors (Lipinski definition) is 0. The normalized spacial score (nSPS) is 9.36. The fourth-order valence-corrected chi connectivity index (χ4v) is 1.18. The third-order valence-corrected chi connectivity index (χ3v) is 1.73. The fourth-order valence-electron chi connectivity index (χ4n) is 1.18. The summed E-state index contributed by atoms with van der Waals surface area (Å²) in [5, 5.41) is 1.22. The molecule has 2 rings (SSSR count). The number of benzene rings is 1. The molecule has 0 unspecified atom stereocenters. The Balaban J connectivity index is 0.000000293. The molecule has 0 saturated carbocycles. The van der Waals surface area contributed by atoms with Gasteiger partial charge in [0.05, 0.1) is 5.52 Å². The second kappa shape index (κ2) is 5.38. The van der Waals surface area contributed by atoms with Crippen molar-refractivity contribution in [1.82, 2.24) is 4.98 Å². The van der Waals surface area contributed by atoms with E-state index in [1.165, 1.54) is 17.4 Å². The first-order chi connectivity index (χ1) is 6.77. The second-order valence-corrected chi connectivity index (χ2v) is 3.41. The lowest BCUT2D eigenvalue weighted by atomic mass is 10.2. The first kappa shape index (κ1) is 10.7. The molecule has 0 fully saturated rings. The molecule has 0 amide bonds. The number of aryl methyl sites for hydroxylation is 1. The average Bonchev–Trinajstić information content (AvgIpc) is 2.19. The number of rotatable bonds is 0. The topological polar surface area (TPSA) is 12.9 Å². The summed E-state index contributed by atoms with van der Waals surface area (Å²) in [4.78, 5) is 4.28. The molecule has 0 aliphatic rings. The molecule has 0 radical (unpaired) electrons. The van der Waals surface area contributed by atoms with Gasteiger partial charge in [0.15, 0.2) is 0 Å². The predicted molar refractivity (Wildman–Crippen MR) is 62.4 cm³/mol. The highest BCUT2D eigenvalue weighted by Gasteiger charge is 1.90. The Morgan fingerprint density at radius 3 is 2.50 bits per heavy atom. The highest BCUT2D eigenvalue weighted by Crippen LogP contribution is 2.11. The van der Waals surface area contributed by atoms with Crippen LogP contribution in [-0.2, 0) is 0 Å². The summed E-state index contributed by atoms with van der Waals surface area (Å²) < 4.78 is 0. The van der Waals surface area contributed by atoms with Crippen molar-refractivity contribution in [3.05, 3.63) is 42.1 Å². The molecular weight excluding hydrogens is 170 g/mol. The molecule has 0 saturated heterocycles. The number of aromatic nitrogens is 1. The van der Waals surface area contributed by atoms with E-state index in [9.17, 15) is 0 Å². The van der Waals surface area contributed by atoms with Gasteiger partial charge in [-0.2, -0.15) is 0 Å². The minimum absolute atomic E-state index is 1.07. The van der Waals surface area contributed by atoms with Gasteiger partial charge in [-0.15, -0.1) is 0 Å². The summed E-state index contributed by atoms with van der Waals surface area (Å²) in [5.41, 5.74) is 2.28. The third kappa shape index (κ3) is 2.84. The highest BCUT2D eigenvalue weighted by molar-refractivity contribution is 5.78. The van der Waals surface area contributed by atoms with Crippen LogP contribution in [0.2, 0.25) is 0 Å². The molecule has 2 aromatic rings. The standard InChI is InChI=1S/C10H9N.C3H8/c1-8-6-9-4-2-3-5-10(9)11-7-8;1-3-2/h2-7H,1H3;3H2,1-2H3. The quantitative estimate of drug-likeness (QED) is 0.608. The monoisotopic (exact) mass is 187 g/mol. The Morgan fingerprint density at radius 2 is 1.79 bits per heavy atom. The molecule has 1 aromatic carbocycles. The molecule has 0 aliphatic carbocycles. The van der Waals surface area contributed by atoms with Crippen molar-refractivity contribution in [2.24, 2.45) is 0 Å². The fraction of sp³-hybridized carbons (Fsp3) is 0.308. The lowest BCUT2D eigenvalue weighted by molar-refractivity contribution is 1.09. The molecule has 0 N–H and O–H groups in total. The van der Waals surface area contributed by atoms with Gasteiger partial charge in [0.25, 0.3) is 0 Å². The predicted octanol–water partition coefficient (Wildman–Crippen LogP) is 3.96. The minimum atomic E-state index is 1.07. The van der Waals surface area contributed by atoms with Gasteiger partial charge in [-0.05, 0) is 24.6 Å². The Morgan fingerprint density at radius 1 is 1.14 bits per heavy atom. The summed E-state index contributed by atoms with van der Waals surface area (Å²) in [6.07, 6.45) is 3.14. The zero-order valence-electron chi connectivity index (χ0n) is 9.12. The average molecular weight is 187 g/mol. The summed E-state index contributed by atoms with van der Waals surface area (Å²) in [5.74, 6) is 0. The molecule has 0 spiro atoms. The Kier molecular flexibility index (Phi) is 4.11. The van der Waals surface area contributed by atoms with E-state index in [0.717, 1.165) is 5.52 Å². The number of pyridine rings is 1. The van der Waals surface area contributed by atoms with Crippen LogP contribution in [0.15, 0.2) is 36.5 Å². The van der Waals surface area contributed by atoms with Crippen molar-refractivity contribution in [1.29, 1.82) is 0 Å². The first-order valence-electron chi connectivity index (χ1n) is 5.09. The molecule has 0 atom stereocenters. The van der Waals surface area contributed by atoms with Crippen LogP contribution in [0.4, 0.5) is 0 Å². The SMILES string of the molecule is CCC.Cc1cnc2ccccc2c1. The van der Waals surface area contributed by atoms with Crippen LogP contribution in [0.5, 0.6) is 0 Å². The highest BCUT2D eigenvalue weighted by atomic mass is 14.6. The van der Waals surface area contributed by atoms with Crippen molar-refractivity contribution >= 4 is 10.9 Å². The molecule has 1 nitrogen and oxygen atoms in total. The van der Waals surface area contributed by atoms with Gasteiger partial charge < -0.3 is 0 Å². The maximum atomic E-state index is 4.28. The molecule has 1 aromatic heterocycles. The second-order valence-electron chi connectivity index (χ2n) is 3.41. The molecule has 1 heteroatoms. The van der Waals surface area contributed by atoms with Crippen molar-refractivity contribution in [3.63, 3.8) is 0 Å². The summed E-state index contributed by atoms with van der Waals surface area (Å²) >= 11 is 0. The van der Waals surface area contributed by atoms with Crippen LogP contribution in [0.25, 0.3) is 10.9 Å². The molecule has 74 valence electrons. The summed E-state index contributed by atoms with van der Waals surface area (Å²) in [7, 11) is 0. The van der Waals surface area contributed by atoms with Crippen LogP contribution in [-0.4, -0.2) is 4.98 Å². The Labute approximate surface area is 85.8 Å². The van der Waals surface area contributed by atoms with Gasteiger partial charge in [0.2, 0.25) is 0 Å². The van der Waals surface area contributed by atoms with Crippen molar-refractivity contribution in [3.8, 4) is 0 Å². The van der Waals surface area contributed by atoms with Crippen LogP contribution < -0.4 is 0 Å². The zero-order chi connectivity index (χ0) is 10.4. The van der Waals surface area contributed by atoms with Crippen molar-refractivity contribution in [2.75, 3.05) is 0 Å². The van der Waals surface area contributed by atoms with Crippen LogP contribution in [0, 0.1) is 6.92 Å². The van der Waals surface area contributed by atoms with Gasteiger partial charge in [0.1, 0.15) is 0 Å². The summed E-state index contributed by atoms with van der Waals surface area (Å²) in [6, 6.07) is 10.3. The minimum Gasteiger partial charge on any atom is -0.256 e. The smallest absolute Gasteiger partial charge is 0.0702 e. The van der Waals surface area contributed by atoms with Gasteiger partial charge in [-0.3, -0.25) is 4.98 Å². The Bertz CT molecular complexity index is 393. The van der Waals surface area contributed by atoms with Crippen LogP contribution >= 0.6 is 0 Å².